The van der Waals surface area contributed by atoms with Gasteiger partial charge in [0.05, 0.1) is 12.5 Å². The molecule has 5 rings (SSSR count). The molecule has 2 aliphatic rings. The van der Waals surface area contributed by atoms with Gasteiger partial charge in [0.25, 0.3) is 0 Å². The first-order valence-corrected chi connectivity index (χ1v) is 9.56. The number of ether oxygens (including phenoxy) is 3. The van der Waals surface area contributed by atoms with Crippen LogP contribution in [0.3, 0.4) is 0 Å². The van der Waals surface area contributed by atoms with E-state index in [0.717, 1.165) is 45.2 Å². The number of hydrogen-bond acceptors (Lipinski definition) is 4. The number of nitrogens with one attached hydrogen (secondary N) is 1. The van der Waals surface area contributed by atoms with E-state index in [1.54, 1.807) is 7.11 Å². The number of carbonyl (C=O) groups is 1. The molecule has 5 nitrogen and oxygen atoms in total. The second-order valence-electron chi connectivity index (χ2n) is 7.61. The van der Waals surface area contributed by atoms with Gasteiger partial charge >= 0.3 is 0 Å². The Morgan fingerprint density at radius 1 is 1.03 bits per heavy atom. The third-order valence-corrected chi connectivity index (χ3v) is 5.78. The van der Waals surface area contributed by atoms with E-state index in [2.05, 4.69) is 11.4 Å². The summed E-state index contributed by atoms with van der Waals surface area (Å²) in [7, 11) is 1.67. The van der Waals surface area contributed by atoms with Gasteiger partial charge < -0.3 is 19.5 Å². The zero-order valence-electron chi connectivity index (χ0n) is 16.3. The van der Waals surface area contributed by atoms with Gasteiger partial charge in [0.1, 0.15) is 5.75 Å². The van der Waals surface area contributed by atoms with Crippen LogP contribution in [0.15, 0.2) is 60.7 Å². The Kier molecular flexibility index (Phi) is 3.98. The predicted octanol–water partition coefficient (Wildman–Crippen LogP) is 4.54. The van der Waals surface area contributed by atoms with Gasteiger partial charge in [-0.3, -0.25) is 4.79 Å². The SMILES string of the molecule is COc1ccccc1-c1ccc2c(c1)C(C)(Cc1ccc3c(c1)OCO3)C(=O)N2. The van der Waals surface area contributed by atoms with Gasteiger partial charge in [-0.15, -0.1) is 0 Å². The summed E-state index contributed by atoms with van der Waals surface area (Å²) < 4.78 is 16.4. The molecule has 0 saturated carbocycles. The average Bonchev–Trinajstić information content (AvgIpc) is 3.30. The number of fused-ring (bicyclic) bond motifs is 2. The predicted molar refractivity (Wildman–Crippen MR) is 111 cm³/mol. The highest BCUT2D eigenvalue weighted by Crippen LogP contribution is 2.44. The molecule has 3 aromatic rings. The van der Waals surface area contributed by atoms with E-state index in [1.807, 2.05) is 61.5 Å². The van der Waals surface area contributed by atoms with Crippen molar-refractivity contribution in [3.05, 3.63) is 71.8 Å². The minimum absolute atomic E-state index is 0.00217. The fourth-order valence-corrected chi connectivity index (χ4v) is 4.18. The lowest BCUT2D eigenvalue weighted by atomic mass is 9.77. The van der Waals surface area contributed by atoms with Crippen molar-refractivity contribution in [2.45, 2.75) is 18.8 Å². The first-order chi connectivity index (χ1) is 14.1. The highest BCUT2D eigenvalue weighted by molar-refractivity contribution is 6.06. The first kappa shape index (κ1) is 17.6. The fourth-order valence-electron chi connectivity index (χ4n) is 4.18. The molecule has 1 N–H and O–H groups in total. The second-order valence-corrected chi connectivity index (χ2v) is 7.61. The lowest BCUT2D eigenvalue weighted by Crippen LogP contribution is -2.33. The van der Waals surface area contributed by atoms with E-state index >= 15 is 0 Å². The van der Waals surface area contributed by atoms with E-state index in [4.69, 9.17) is 14.2 Å². The van der Waals surface area contributed by atoms with Crippen LogP contribution < -0.4 is 19.5 Å². The third kappa shape index (κ3) is 2.81. The number of anilines is 1. The van der Waals surface area contributed by atoms with E-state index in [0.29, 0.717) is 6.42 Å². The van der Waals surface area contributed by atoms with Gasteiger partial charge in [-0.1, -0.05) is 30.3 Å². The minimum Gasteiger partial charge on any atom is -0.496 e. The normalized spacial score (nSPS) is 19.0. The summed E-state index contributed by atoms with van der Waals surface area (Å²) >= 11 is 0. The van der Waals surface area contributed by atoms with Crippen molar-refractivity contribution in [2.75, 3.05) is 19.2 Å². The molecule has 2 heterocycles. The Morgan fingerprint density at radius 2 is 1.86 bits per heavy atom. The number of amides is 1. The molecule has 0 spiro atoms. The van der Waals surface area contributed by atoms with Crippen molar-refractivity contribution in [3.8, 4) is 28.4 Å². The van der Waals surface area contributed by atoms with Crippen molar-refractivity contribution in [1.29, 1.82) is 0 Å². The number of para-hydroxylation sites is 1. The van der Waals surface area contributed by atoms with Gasteiger partial charge in [0, 0.05) is 11.3 Å². The number of methoxy groups -OCH3 is 1. The largest absolute Gasteiger partial charge is 0.496 e. The average molecular weight is 387 g/mol. The number of carbonyl (C=O) groups excluding carboxylic acids is 1. The zero-order valence-corrected chi connectivity index (χ0v) is 16.3. The molecule has 3 aromatic carbocycles. The fraction of sp³-hybridized carbons (Fsp3) is 0.208. The van der Waals surface area contributed by atoms with Crippen LogP contribution in [-0.2, 0) is 16.6 Å². The van der Waals surface area contributed by atoms with Crippen molar-refractivity contribution in [2.24, 2.45) is 0 Å². The van der Waals surface area contributed by atoms with Gasteiger partial charge in [-0.2, -0.15) is 0 Å². The molecule has 29 heavy (non-hydrogen) atoms. The Hall–Kier alpha value is -3.47. The smallest absolute Gasteiger partial charge is 0.235 e. The Labute approximate surface area is 169 Å². The highest BCUT2D eigenvalue weighted by Gasteiger charge is 2.43. The van der Waals surface area contributed by atoms with Crippen LogP contribution in [0, 0.1) is 0 Å². The van der Waals surface area contributed by atoms with E-state index in [9.17, 15) is 4.79 Å². The van der Waals surface area contributed by atoms with Gasteiger partial charge in [0.15, 0.2) is 11.5 Å². The van der Waals surface area contributed by atoms with Crippen LogP contribution >= 0.6 is 0 Å². The van der Waals surface area contributed by atoms with Gasteiger partial charge in [-0.25, -0.2) is 0 Å². The molecule has 0 radical (unpaired) electrons. The standard InChI is InChI=1S/C24H21NO4/c1-24(13-15-7-10-21-22(11-15)29-14-28-21)18-12-16(8-9-19(18)25-23(24)26)17-5-3-4-6-20(17)27-2/h3-12H,13-14H2,1-2H3,(H,25,26). The number of hydrogen-bond donors (Lipinski definition) is 1. The monoisotopic (exact) mass is 387 g/mol. The summed E-state index contributed by atoms with van der Waals surface area (Å²) in [5, 5.41) is 3.04. The van der Waals surface area contributed by atoms with Gasteiger partial charge in [-0.05, 0) is 60.4 Å². The quantitative estimate of drug-likeness (QED) is 0.714. The molecule has 5 heteroatoms. The van der Waals surface area contributed by atoms with Crippen LogP contribution in [0.1, 0.15) is 18.1 Å². The van der Waals surface area contributed by atoms with Crippen LogP contribution in [0.25, 0.3) is 11.1 Å². The van der Waals surface area contributed by atoms with E-state index in [1.165, 1.54) is 0 Å². The summed E-state index contributed by atoms with van der Waals surface area (Å²) in [4.78, 5) is 13.0. The maximum Gasteiger partial charge on any atom is 0.235 e. The van der Waals surface area contributed by atoms with Gasteiger partial charge in [0.2, 0.25) is 12.7 Å². The summed E-state index contributed by atoms with van der Waals surface area (Å²) in [6, 6.07) is 19.8. The first-order valence-electron chi connectivity index (χ1n) is 9.56. The Morgan fingerprint density at radius 3 is 2.72 bits per heavy atom. The van der Waals surface area contributed by atoms with Crippen molar-refractivity contribution in [1.82, 2.24) is 0 Å². The minimum atomic E-state index is -0.680. The molecule has 146 valence electrons. The zero-order chi connectivity index (χ0) is 20.0. The molecule has 1 amide bonds. The summed E-state index contributed by atoms with van der Waals surface area (Å²) in [6.07, 6.45) is 0.567. The molecule has 0 bridgehead atoms. The molecule has 2 aliphatic heterocycles. The lowest BCUT2D eigenvalue weighted by molar-refractivity contribution is -0.120. The molecule has 1 atom stereocenters. The highest BCUT2D eigenvalue weighted by atomic mass is 16.7. The van der Waals surface area contributed by atoms with Crippen molar-refractivity contribution >= 4 is 11.6 Å². The second kappa shape index (κ2) is 6.55. The molecule has 0 aromatic heterocycles. The Bertz CT molecular complexity index is 1120. The van der Waals surface area contributed by atoms with Crippen molar-refractivity contribution in [3.63, 3.8) is 0 Å². The lowest BCUT2D eigenvalue weighted by Gasteiger charge is -2.23. The maximum absolute atomic E-state index is 13.0. The van der Waals surface area contributed by atoms with Crippen LogP contribution in [-0.4, -0.2) is 19.8 Å². The van der Waals surface area contributed by atoms with Crippen LogP contribution in [0.2, 0.25) is 0 Å². The topological polar surface area (TPSA) is 56.8 Å². The Balaban J connectivity index is 1.55. The summed E-state index contributed by atoms with van der Waals surface area (Å²) in [6.45, 7) is 2.23. The van der Waals surface area contributed by atoms with Crippen molar-refractivity contribution < 1.29 is 19.0 Å². The van der Waals surface area contributed by atoms with E-state index in [-0.39, 0.29) is 12.7 Å². The molecular weight excluding hydrogens is 366 g/mol. The molecule has 0 fully saturated rings. The van der Waals surface area contributed by atoms with E-state index < -0.39 is 5.41 Å². The summed E-state index contributed by atoms with van der Waals surface area (Å²) in [5.74, 6) is 2.28. The third-order valence-electron chi connectivity index (χ3n) is 5.78. The van der Waals surface area contributed by atoms with Crippen LogP contribution in [0.5, 0.6) is 17.2 Å². The molecule has 1 unspecified atom stereocenters. The molecule has 0 aliphatic carbocycles. The number of rotatable bonds is 4. The molecule has 0 saturated heterocycles. The van der Waals surface area contributed by atoms with Crippen LogP contribution in [0.4, 0.5) is 5.69 Å². The number of benzene rings is 3. The molecular formula is C24H21NO4. The summed E-state index contributed by atoms with van der Waals surface area (Å²) in [5.41, 5.74) is 4.22. The maximum atomic E-state index is 13.0.